The Balaban J connectivity index is 2.20. The van der Waals surface area contributed by atoms with Gasteiger partial charge in [-0.3, -0.25) is 0 Å². The number of aryl methyl sites for hydroxylation is 1. The summed E-state index contributed by atoms with van der Waals surface area (Å²) < 4.78 is 13.0. The molecule has 0 amide bonds. The molecule has 1 unspecified atom stereocenters. The number of rotatable bonds is 9. The number of carbonyl (C=O) groups is 1. The molecule has 0 aliphatic heterocycles. The third-order valence-corrected chi connectivity index (χ3v) is 4.91. The summed E-state index contributed by atoms with van der Waals surface area (Å²) in [6, 6.07) is 5.65. The maximum atomic E-state index is 12.3. The molecule has 2 aromatic rings. The number of aliphatic hydroxyl groups excluding tert-OH is 1. The van der Waals surface area contributed by atoms with Crippen molar-refractivity contribution >= 4 is 16.9 Å². The van der Waals surface area contributed by atoms with Crippen LogP contribution in [0.15, 0.2) is 18.2 Å². The first-order chi connectivity index (χ1) is 12.4. The average Bonchev–Trinajstić information content (AvgIpc) is 2.88. The normalized spacial score (nSPS) is 12.6. The highest BCUT2D eigenvalue weighted by Crippen LogP contribution is 2.29. The molecule has 0 spiro atoms. The number of hydrogen-bond donors (Lipinski definition) is 2. The second-order valence-electron chi connectivity index (χ2n) is 6.54. The van der Waals surface area contributed by atoms with Gasteiger partial charge in [-0.05, 0) is 45.9 Å². The second kappa shape index (κ2) is 9.05. The number of aromatic nitrogens is 1. The SMILES string of the molecule is CCOC(=O)c1c(C)n(C)c2ccc(OCC(O)C[NH+](CC)CC)cc12. The number of hydrogen-bond acceptors (Lipinski definition) is 4. The molecule has 1 aromatic heterocycles. The van der Waals surface area contributed by atoms with E-state index in [4.69, 9.17) is 9.47 Å². The zero-order chi connectivity index (χ0) is 19.3. The van der Waals surface area contributed by atoms with Gasteiger partial charge in [-0.2, -0.15) is 0 Å². The Labute approximate surface area is 155 Å². The van der Waals surface area contributed by atoms with Crippen LogP contribution in [-0.4, -0.2) is 54.6 Å². The number of benzene rings is 1. The number of ether oxygens (including phenoxy) is 2. The fraction of sp³-hybridized carbons (Fsp3) is 0.550. The van der Waals surface area contributed by atoms with E-state index in [0.717, 1.165) is 29.7 Å². The molecule has 0 aliphatic carbocycles. The Hall–Kier alpha value is -2.05. The zero-order valence-corrected chi connectivity index (χ0v) is 16.5. The summed E-state index contributed by atoms with van der Waals surface area (Å²) in [5.41, 5.74) is 2.38. The van der Waals surface area contributed by atoms with Crippen LogP contribution in [-0.2, 0) is 11.8 Å². The molecule has 1 heterocycles. The van der Waals surface area contributed by atoms with Crippen LogP contribution in [0.4, 0.5) is 0 Å². The molecule has 1 aromatic carbocycles. The molecule has 1 atom stereocenters. The molecule has 6 nitrogen and oxygen atoms in total. The first-order valence-corrected chi connectivity index (χ1v) is 9.33. The summed E-state index contributed by atoms with van der Waals surface area (Å²) in [7, 11) is 1.93. The van der Waals surface area contributed by atoms with Crippen molar-refractivity contribution < 1.29 is 24.3 Å². The molecular weight excluding hydrogens is 332 g/mol. The lowest BCUT2D eigenvalue weighted by molar-refractivity contribution is -0.899. The van der Waals surface area contributed by atoms with Crippen LogP contribution in [0.2, 0.25) is 0 Å². The molecule has 6 heteroatoms. The predicted molar refractivity (Wildman–Crippen MR) is 102 cm³/mol. The van der Waals surface area contributed by atoms with Crippen molar-refractivity contribution in [3.63, 3.8) is 0 Å². The minimum Gasteiger partial charge on any atom is -0.491 e. The van der Waals surface area contributed by atoms with Gasteiger partial charge in [-0.1, -0.05) is 0 Å². The standard InChI is InChI=1S/C20H30N2O4/c1-6-22(7-2)12-15(23)13-26-16-9-10-18-17(11-16)19(14(4)21(18)5)20(24)25-8-3/h9-11,15,23H,6-8,12-13H2,1-5H3/p+1. The van der Waals surface area contributed by atoms with E-state index in [2.05, 4.69) is 13.8 Å². The molecule has 0 radical (unpaired) electrons. The van der Waals surface area contributed by atoms with Gasteiger partial charge in [0.05, 0.1) is 25.3 Å². The van der Waals surface area contributed by atoms with Gasteiger partial charge in [0.25, 0.3) is 0 Å². The summed E-state index contributed by atoms with van der Waals surface area (Å²) in [6.07, 6.45) is -0.525. The maximum absolute atomic E-state index is 12.3. The minimum atomic E-state index is -0.525. The minimum absolute atomic E-state index is 0.232. The Kier molecular flexibility index (Phi) is 7.06. The summed E-state index contributed by atoms with van der Waals surface area (Å²) in [5.74, 6) is 0.320. The van der Waals surface area contributed by atoms with Gasteiger partial charge < -0.3 is 24.0 Å². The van der Waals surface area contributed by atoms with E-state index >= 15 is 0 Å². The molecule has 26 heavy (non-hydrogen) atoms. The highest BCUT2D eigenvalue weighted by Gasteiger charge is 2.20. The first-order valence-electron chi connectivity index (χ1n) is 9.33. The Morgan fingerprint density at radius 1 is 1.27 bits per heavy atom. The van der Waals surface area contributed by atoms with Crippen LogP contribution in [0.1, 0.15) is 36.8 Å². The summed E-state index contributed by atoms with van der Waals surface area (Å²) in [5, 5.41) is 11.0. The third kappa shape index (κ3) is 4.37. The number of nitrogens with zero attached hydrogens (tertiary/aromatic N) is 1. The van der Waals surface area contributed by atoms with E-state index in [0.29, 0.717) is 24.5 Å². The largest absolute Gasteiger partial charge is 0.491 e. The van der Waals surface area contributed by atoms with E-state index in [1.165, 1.54) is 4.90 Å². The molecule has 0 saturated heterocycles. The fourth-order valence-electron chi connectivity index (χ4n) is 3.23. The summed E-state index contributed by atoms with van der Waals surface area (Å²) in [4.78, 5) is 13.7. The topological polar surface area (TPSA) is 65.1 Å². The number of aliphatic hydroxyl groups is 1. The van der Waals surface area contributed by atoms with E-state index < -0.39 is 6.10 Å². The summed E-state index contributed by atoms with van der Waals surface area (Å²) in [6.45, 7) is 11.1. The molecule has 2 rings (SSSR count). The molecule has 144 valence electrons. The zero-order valence-electron chi connectivity index (χ0n) is 16.5. The van der Waals surface area contributed by atoms with Crippen molar-refractivity contribution in [1.29, 1.82) is 0 Å². The lowest BCUT2D eigenvalue weighted by atomic mass is 10.1. The van der Waals surface area contributed by atoms with Gasteiger partial charge in [0.15, 0.2) is 0 Å². The Morgan fingerprint density at radius 3 is 2.58 bits per heavy atom. The lowest BCUT2D eigenvalue weighted by Gasteiger charge is -2.19. The van der Waals surface area contributed by atoms with Gasteiger partial charge >= 0.3 is 5.97 Å². The monoisotopic (exact) mass is 363 g/mol. The second-order valence-corrected chi connectivity index (χ2v) is 6.54. The van der Waals surface area contributed by atoms with Crippen molar-refractivity contribution in [1.82, 2.24) is 4.57 Å². The van der Waals surface area contributed by atoms with Crippen molar-refractivity contribution in [3.05, 3.63) is 29.5 Å². The predicted octanol–water partition coefficient (Wildman–Crippen LogP) is 1.33. The molecule has 2 N–H and O–H groups in total. The highest BCUT2D eigenvalue weighted by molar-refractivity contribution is 6.06. The van der Waals surface area contributed by atoms with E-state index in [1.807, 2.05) is 36.7 Å². The van der Waals surface area contributed by atoms with Crippen LogP contribution >= 0.6 is 0 Å². The smallest absolute Gasteiger partial charge is 0.340 e. The number of carbonyl (C=O) groups excluding carboxylic acids is 1. The van der Waals surface area contributed by atoms with E-state index in [-0.39, 0.29) is 12.6 Å². The van der Waals surface area contributed by atoms with E-state index in [9.17, 15) is 9.90 Å². The van der Waals surface area contributed by atoms with Gasteiger partial charge in [0.1, 0.15) is 25.0 Å². The van der Waals surface area contributed by atoms with Crippen molar-refractivity contribution in [2.45, 2.75) is 33.8 Å². The molecule has 0 saturated carbocycles. The highest BCUT2D eigenvalue weighted by atomic mass is 16.5. The number of likely N-dealkylation sites (N-methyl/N-ethyl adjacent to an activating group) is 1. The molecule has 0 bridgehead atoms. The van der Waals surface area contributed by atoms with Crippen molar-refractivity contribution in [2.75, 3.05) is 32.8 Å². The number of esters is 1. The van der Waals surface area contributed by atoms with Gasteiger partial charge in [0, 0.05) is 23.6 Å². The third-order valence-electron chi connectivity index (χ3n) is 4.91. The maximum Gasteiger partial charge on any atom is 0.340 e. The number of nitrogens with one attached hydrogen (secondary N) is 1. The van der Waals surface area contributed by atoms with Gasteiger partial charge in [-0.25, -0.2) is 4.79 Å². The van der Waals surface area contributed by atoms with Crippen LogP contribution in [0.3, 0.4) is 0 Å². The van der Waals surface area contributed by atoms with Crippen LogP contribution < -0.4 is 9.64 Å². The van der Waals surface area contributed by atoms with Gasteiger partial charge in [0.2, 0.25) is 0 Å². The summed E-state index contributed by atoms with van der Waals surface area (Å²) >= 11 is 0. The number of quaternary nitrogens is 1. The average molecular weight is 363 g/mol. The van der Waals surface area contributed by atoms with Crippen molar-refractivity contribution in [3.8, 4) is 5.75 Å². The van der Waals surface area contributed by atoms with Crippen molar-refractivity contribution in [2.24, 2.45) is 7.05 Å². The molecule has 0 aliphatic rings. The van der Waals surface area contributed by atoms with Gasteiger partial charge in [-0.15, -0.1) is 0 Å². The molecular formula is C20H31N2O4+. The van der Waals surface area contributed by atoms with Crippen LogP contribution in [0.5, 0.6) is 5.75 Å². The first kappa shape index (κ1) is 20.3. The number of fused-ring (bicyclic) bond motifs is 1. The lowest BCUT2D eigenvalue weighted by Crippen LogP contribution is -3.12. The van der Waals surface area contributed by atoms with E-state index in [1.54, 1.807) is 6.92 Å². The van der Waals surface area contributed by atoms with Crippen LogP contribution in [0.25, 0.3) is 10.9 Å². The molecule has 0 fully saturated rings. The van der Waals surface area contributed by atoms with Crippen LogP contribution in [0, 0.1) is 6.92 Å². The fourth-order valence-corrected chi connectivity index (χ4v) is 3.23. The Bertz CT molecular complexity index is 750. The Morgan fingerprint density at radius 2 is 1.96 bits per heavy atom. The quantitative estimate of drug-likeness (QED) is 0.660.